The predicted molar refractivity (Wildman–Crippen MR) is 72.2 cm³/mol. The highest BCUT2D eigenvalue weighted by Crippen LogP contribution is 2.41. The van der Waals surface area contributed by atoms with Crippen LogP contribution in [0.2, 0.25) is 0 Å². The minimum absolute atomic E-state index is 0.0133. The van der Waals surface area contributed by atoms with Crippen LogP contribution >= 0.6 is 0 Å². The zero-order valence-electron chi connectivity index (χ0n) is 11.1. The maximum Gasteiger partial charge on any atom is 0.303 e. The Morgan fingerprint density at radius 2 is 2.20 bits per heavy atom. The van der Waals surface area contributed by atoms with Crippen molar-refractivity contribution < 1.29 is 19.4 Å². The Kier molecular flexibility index (Phi) is 3.38. The number of carboxylic acids is 1. The molecule has 1 aliphatic heterocycles. The van der Waals surface area contributed by atoms with Gasteiger partial charge in [0.25, 0.3) is 0 Å². The van der Waals surface area contributed by atoms with E-state index in [2.05, 4.69) is 0 Å². The molecule has 108 valence electrons. The van der Waals surface area contributed by atoms with Gasteiger partial charge >= 0.3 is 5.97 Å². The Morgan fingerprint density at radius 1 is 1.40 bits per heavy atom. The van der Waals surface area contributed by atoms with E-state index in [1.807, 2.05) is 4.90 Å². The number of rotatable bonds is 4. The summed E-state index contributed by atoms with van der Waals surface area (Å²) in [5.41, 5.74) is 1.28. The smallest absolute Gasteiger partial charge is 0.303 e. The predicted octanol–water partition coefficient (Wildman–Crippen LogP) is 1.80. The van der Waals surface area contributed by atoms with Gasteiger partial charge in [0.05, 0.1) is 11.8 Å². The van der Waals surface area contributed by atoms with E-state index in [0.29, 0.717) is 30.6 Å². The normalized spacial score (nSPS) is 28.1. The van der Waals surface area contributed by atoms with Gasteiger partial charge in [-0.05, 0) is 37.0 Å². The highest BCUT2D eigenvalue weighted by Gasteiger charge is 2.44. The molecule has 2 fully saturated rings. The molecule has 1 saturated carbocycles. The molecule has 5 heteroatoms. The standard InChI is InChI=1S/C15H18FNO3/c16-12-5-9(2-4-15(19)20)1-3-13(12)17-8-10-6-11(17)7-14(10)18/h1,3,5,10-11,14,18H,2,4,6-8H2,(H,19,20)/t10-,11-,14+/m0/s1. The fourth-order valence-corrected chi connectivity index (χ4v) is 3.41. The number of nitrogens with zero attached hydrogens (tertiary/aromatic N) is 1. The van der Waals surface area contributed by atoms with Crippen LogP contribution in [0.3, 0.4) is 0 Å². The van der Waals surface area contributed by atoms with E-state index in [1.165, 1.54) is 6.07 Å². The van der Waals surface area contributed by atoms with Crippen molar-refractivity contribution in [2.75, 3.05) is 11.4 Å². The summed E-state index contributed by atoms with van der Waals surface area (Å²) in [5, 5.41) is 18.4. The number of hydrogen-bond donors (Lipinski definition) is 2. The number of fused-ring (bicyclic) bond motifs is 2. The van der Waals surface area contributed by atoms with E-state index in [9.17, 15) is 14.3 Å². The van der Waals surface area contributed by atoms with Crippen LogP contribution in [-0.2, 0) is 11.2 Å². The summed E-state index contributed by atoms with van der Waals surface area (Å²) in [6.07, 6.45) is 1.76. The number of carboxylic acid groups (broad SMARTS) is 1. The van der Waals surface area contributed by atoms with E-state index in [1.54, 1.807) is 12.1 Å². The van der Waals surface area contributed by atoms with Crippen molar-refractivity contribution in [1.82, 2.24) is 0 Å². The van der Waals surface area contributed by atoms with Gasteiger partial charge in [-0.15, -0.1) is 0 Å². The van der Waals surface area contributed by atoms with Crippen molar-refractivity contribution in [3.63, 3.8) is 0 Å². The van der Waals surface area contributed by atoms with E-state index < -0.39 is 5.97 Å². The Bertz CT molecular complexity index is 532. The molecular weight excluding hydrogens is 261 g/mol. The highest BCUT2D eigenvalue weighted by atomic mass is 19.1. The first-order valence-electron chi connectivity index (χ1n) is 6.99. The number of aliphatic hydroxyl groups excluding tert-OH is 1. The Morgan fingerprint density at radius 3 is 2.75 bits per heavy atom. The molecule has 3 rings (SSSR count). The molecule has 1 aliphatic carbocycles. The molecule has 2 bridgehead atoms. The number of aryl methyl sites for hydroxylation is 1. The fourth-order valence-electron chi connectivity index (χ4n) is 3.41. The van der Waals surface area contributed by atoms with Crippen molar-refractivity contribution in [2.24, 2.45) is 5.92 Å². The lowest BCUT2D eigenvalue weighted by Crippen LogP contribution is -2.37. The Balaban J connectivity index is 1.74. The number of anilines is 1. The van der Waals surface area contributed by atoms with Gasteiger partial charge in [-0.2, -0.15) is 0 Å². The van der Waals surface area contributed by atoms with Crippen molar-refractivity contribution in [3.05, 3.63) is 29.6 Å². The molecule has 0 radical (unpaired) electrons. The van der Waals surface area contributed by atoms with Crippen LogP contribution in [0.4, 0.5) is 10.1 Å². The zero-order chi connectivity index (χ0) is 14.3. The van der Waals surface area contributed by atoms with Crippen LogP contribution in [0.25, 0.3) is 0 Å². The summed E-state index contributed by atoms with van der Waals surface area (Å²) in [7, 11) is 0. The first kappa shape index (κ1) is 13.4. The van der Waals surface area contributed by atoms with E-state index in [0.717, 1.165) is 6.42 Å². The molecule has 0 unspecified atom stereocenters. The molecule has 2 aliphatic rings. The molecule has 0 amide bonds. The number of carbonyl (C=O) groups is 1. The maximum absolute atomic E-state index is 14.2. The molecule has 4 nitrogen and oxygen atoms in total. The topological polar surface area (TPSA) is 60.8 Å². The average molecular weight is 279 g/mol. The summed E-state index contributed by atoms with van der Waals surface area (Å²) < 4.78 is 14.2. The Hall–Kier alpha value is -1.62. The molecule has 0 spiro atoms. The zero-order valence-corrected chi connectivity index (χ0v) is 11.1. The lowest BCUT2D eigenvalue weighted by Gasteiger charge is -2.31. The Labute approximate surface area is 116 Å². The third-order valence-electron chi connectivity index (χ3n) is 4.45. The second-order valence-electron chi connectivity index (χ2n) is 5.78. The van der Waals surface area contributed by atoms with Crippen molar-refractivity contribution in [1.29, 1.82) is 0 Å². The second-order valence-corrected chi connectivity index (χ2v) is 5.78. The van der Waals surface area contributed by atoms with Gasteiger partial charge in [0.2, 0.25) is 0 Å². The van der Waals surface area contributed by atoms with Crippen LogP contribution in [-0.4, -0.2) is 34.9 Å². The molecule has 1 aromatic carbocycles. The van der Waals surface area contributed by atoms with E-state index >= 15 is 0 Å². The molecule has 1 heterocycles. The molecule has 0 aromatic heterocycles. The number of piperidine rings is 1. The molecular formula is C15H18FNO3. The van der Waals surface area contributed by atoms with Crippen LogP contribution in [0, 0.1) is 11.7 Å². The van der Waals surface area contributed by atoms with Crippen molar-refractivity contribution >= 4 is 11.7 Å². The third kappa shape index (κ3) is 2.38. The molecule has 1 saturated heterocycles. The van der Waals surface area contributed by atoms with Gasteiger partial charge in [0, 0.05) is 24.9 Å². The number of aliphatic hydroxyl groups is 1. The maximum atomic E-state index is 14.2. The molecule has 1 aromatic rings. The quantitative estimate of drug-likeness (QED) is 0.882. The summed E-state index contributed by atoms with van der Waals surface area (Å²) in [6.45, 7) is 0.706. The minimum atomic E-state index is -0.875. The minimum Gasteiger partial charge on any atom is -0.481 e. The van der Waals surface area contributed by atoms with Crippen LogP contribution in [0.15, 0.2) is 18.2 Å². The number of hydrogen-bond acceptors (Lipinski definition) is 3. The molecule has 2 N–H and O–H groups in total. The van der Waals surface area contributed by atoms with Gasteiger partial charge in [-0.25, -0.2) is 4.39 Å². The third-order valence-corrected chi connectivity index (χ3v) is 4.45. The van der Waals surface area contributed by atoms with Gasteiger partial charge in [-0.3, -0.25) is 4.79 Å². The monoisotopic (exact) mass is 279 g/mol. The molecule has 3 atom stereocenters. The summed E-state index contributed by atoms with van der Waals surface area (Å²) in [6, 6.07) is 5.19. The van der Waals surface area contributed by atoms with Gasteiger partial charge in [0.15, 0.2) is 0 Å². The van der Waals surface area contributed by atoms with Crippen LogP contribution < -0.4 is 4.90 Å². The summed E-state index contributed by atoms with van der Waals surface area (Å²) in [4.78, 5) is 12.6. The fraction of sp³-hybridized carbons (Fsp3) is 0.533. The lowest BCUT2D eigenvalue weighted by molar-refractivity contribution is -0.136. The van der Waals surface area contributed by atoms with Crippen LogP contribution in [0.5, 0.6) is 0 Å². The average Bonchev–Trinajstić information content (AvgIpc) is 2.95. The second kappa shape index (κ2) is 5.05. The summed E-state index contributed by atoms with van der Waals surface area (Å²) >= 11 is 0. The largest absolute Gasteiger partial charge is 0.481 e. The lowest BCUT2D eigenvalue weighted by atomic mass is 10.0. The number of aliphatic carboxylic acids is 1. The number of halogens is 1. The van der Waals surface area contributed by atoms with Crippen LogP contribution in [0.1, 0.15) is 24.8 Å². The highest BCUT2D eigenvalue weighted by molar-refractivity contribution is 5.67. The van der Waals surface area contributed by atoms with Crippen molar-refractivity contribution in [3.8, 4) is 0 Å². The first-order chi connectivity index (χ1) is 9.54. The van der Waals surface area contributed by atoms with E-state index in [-0.39, 0.29) is 30.3 Å². The van der Waals surface area contributed by atoms with E-state index in [4.69, 9.17) is 5.11 Å². The van der Waals surface area contributed by atoms with Gasteiger partial charge in [-0.1, -0.05) is 6.07 Å². The molecule has 20 heavy (non-hydrogen) atoms. The SMILES string of the molecule is O=C(O)CCc1ccc(N2C[C@@H]3C[C@H]2C[C@H]3O)c(F)c1. The number of benzene rings is 1. The first-order valence-corrected chi connectivity index (χ1v) is 6.99. The van der Waals surface area contributed by atoms with Gasteiger partial charge < -0.3 is 15.1 Å². The van der Waals surface area contributed by atoms with Crippen molar-refractivity contribution in [2.45, 2.75) is 37.8 Å². The van der Waals surface area contributed by atoms with Gasteiger partial charge in [0.1, 0.15) is 5.82 Å². The summed E-state index contributed by atoms with van der Waals surface area (Å²) in [5.74, 6) is -0.915.